The summed E-state index contributed by atoms with van der Waals surface area (Å²) in [5, 5.41) is 16.4. The van der Waals surface area contributed by atoms with E-state index >= 15 is 0 Å². The summed E-state index contributed by atoms with van der Waals surface area (Å²) in [7, 11) is 0. The molecule has 0 saturated heterocycles. The summed E-state index contributed by atoms with van der Waals surface area (Å²) in [5.41, 5.74) is 1.68. The van der Waals surface area contributed by atoms with Crippen LogP contribution >= 0.6 is 0 Å². The Kier molecular flexibility index (Phi) is 4.27. The number of para-hydroxylation sites is 1. The highest BCUT2D eigenvalue weighted by molar-refractivity contribution is 5.99. The van der Waals surface area contributed by atoms with Gasteiger partial charge in [-0.3, -0.25) is 9.59 Å². The monoisotopic (exact) mass is 365 g/mol. The number of rotatable bonds is 5. The smallest absolute Gasteiger partial charge is 0.306 e. The molecule has 7 nitrogen and oxygen atoms in total. The average molecular weight is 365 g/mol. The minimum atomic E-state index is -0.816. The van der Waals surface area contributed by atoms with Crippen LogP contribution in [-0.4, -0.2) is 32.8 Å². The molecule has 0 radical (unpaired) electrons. The van der Waals surface area contributed by atoms with Gasteiger partial charge < -0.3 is 14.8 Å². The van der Waals surface area contributed by atoms with E-state index < -0.39 is 5.97 Å². The van der Waals surface area contributed by atoms with E-state index in [-0.39, 0.29) is 17.9 Å². The number of benzene rings is 1. The van der Waals surface area contributed by atoms with Crippen LogP contribution in [0.4, 0.5) is 0 Å². The maximum Gasteiger partial charge on any atom is 0.306 e. The number of amides is 1. The van der Waals surface area contributed by atoms with Crippen LogP contribution in [0.5, 0.6) is 0 Å². The summed E-state index contributed by atoms with van der Waals surface area (Å²) in [6, 6.07) is 13.0. The lowest BCUT2D eigenvalue weighted by Gasteiger charge is -2.32. The van der Waals surface area contributed by atoms with E-state index in [9.17, 15) is 9.59 Å². The normalized spacial score (nSPS) is 18.7. The lowest BCUT2D eigenvalue weighted by atomic mass is 9.80. The Morgan fingerprint density at radius 3 is 2.56 bits per heavy atom. The predicted molar refractivity (Wildman–Crippen MR) is 97.6 cm³/mol. The van der Waals surface area contributed by atoms with Crippen molar-refractivity contribution in [3.8, 4) is 17.1 Å². The molecule has 4 rings (SSSR count). The SMILES string of the molecule is Cc1ccc(-c2nn(-c3ccccc3)cc2C(=O)NC2CC(C(=O)O)C2)o1. The fourth-order valence-corrected chi connectivity index (χ4v) is 3.20. The highest BCUT2D eigenvalue weighted by Gasteiger charge is 2.36. The second kappa shape index (κ2) is 6.75. The summed E-state index contributed by atoms with van der Waals surface area (Å²) in [6.07, 6.45) is 2.57. The van der Waals surface area contributed by atoms with E-state index in [4.69, 9.17) is 9.52 Å². The van der Waals surface area contributed by atoms with Crippen molar-refractivity contribution < 1.29 is 19.1 Å². The van der Waals surface area contributed by atoms with Crippen LogP contribution in [-0.2, 0) is 4.79 Å². The molecule has 0 aliphatic heterocycles. The van der Waals surface area contributed by atoms with Crippen LogP contribution in [0.1, 0.15) is 29.0 Å². The van der Waals surface area contributed by atoms with Crippen LogP contribution < -0.4 is 5.32 Å². The molecule has 7 heteroatoms. The predicted octanol–water partition coefficient (Wildman–Crippen LogP) is 3.03. The van der Waals surface area contributed by atoms with Crippen molar-refractivity contribution in [2.75, 3.05) is 0 Å². The zero-order valence-corrected chi connectivity index (χ0v) is 14.8. The first-order chi connectivity index (χ1) is 13.0. The number of carbonyl (C=O) groups excluding carboxylic acids is 1. The maximum atomic E-state index is 12.8. The van der Waals surface area contributed by atoms with Crippen LogP contribution in [0, 0.1) is 12.8 Å². The highest BCUT2D eigenvalue weighted by Crippen LogP contribution is 2.29. The van der Waals surface area contributed by atoms with Crippen LogP contribution in [0.3, 0.4) is 0 Å². The number of aliphatic carboxylic acids is 1. The van der Waals surface area contributed by atoms with Crippen molar-refractivity contribution in [1.82, 2.24) is 15.1 Å². The first-order valence-electron chi connectivity index (χ1n) is 8.77. The number of nitrogens with zero attached hydrogens (tertiary/aromatic N) is 2. The lowest BCUT2D eigenvalue weighted by molar-refractivity contribution is -0.145. The number of carboxylic acid groups (broad SMARTS) is 1. The molecule has 1 amide bonds. The average Bonchev–Trinajstić information content (AvgIpc) is 3.24. The fourth-order valence-electron chi connectivity index (χ4n) is 3.20. The number of nitrogens with one attached hydrogen (secondary N) is 1. The van der Waals surface area contributed by atoms with Gasteiger partial charge in [-0.1, -0.05) is 18.2 Å². The first-order valence-corrected chi connectivity index (χ1v) is 8.77. The van der Waals surface area contributed by atoms with Crippen LogP contribution in [0.25, 0.3) is 17.1 Å². The number of hydrogen-bond acceptors (Lipinski definition) is 4. The molecule has 0 atom stereocenters. The van der Waals surface area contributed by atoms with Gasteiger partial charge in [-0.05, 0) is 44.0 Å². The van der Waals surface area contributed by atoms with Crippen molar-refractivity contribution in [3.63, 3.8) is 0 Å². The van der Waals surface area contributed by atoms with Crippen molar-refractivity contribution in [3.05, 3.63) is 60.0 Å². The molecular weight excluding hydrogens is 346 g/mol. The summed E-state index contributed by atoms with van der Waals surface area (Å²) < 4.78 is 7.31. The van der Waals surface area contributed by atoms with Gasteiger partial charge in [0.2, 0.25) is 0 Å². The zero-order chi connectivity index (χ0) is 19.0. The van der Waals surface area contributed by atoms with Gasteiger partial charge in [0.1, 0.15) is 11.5 Å². The number of hydrogen-bond donors (Lipinski definition) is 2. The van der Waals surface area contributed by atoms with Crippen molar-refractivity contribution in [2.45, 2.75) is 25.8 Å². The minimum absolute atomic E-state index is 0.134. The third-order valence-corrected chi connectivity index (χ3v) is 4.78. The lowest BCUT2D eigenvalue weighted by Crippen LogP contribution is -2.46. The molecule has 1 saturated carbocycles. The molecule has 3 aromatic rings. The molecule has 2 aromatic heterocycles. The van der Waals surface area contributed by atoms with Crippen molar-refractivity contribution in [2.24, 2.45) is 5.92 Å². The summed E-state index contributed by atoms with van der Waals surface area (Å²) in [6.45, 7) is 1.83. The zero-order valence-electron chi connectivity index (χ0n) is 14.8. The maximum absolute atomic E-state index is 12.8. The Labute approximate surface area is 155 Å². The second-order valence-electron chi connectivity index (χ2n) is 6.76. The van der Waals surface area contributed by atoms with E-state index in [0.29, 0.717) is 29.9 Å². The van der Waals surface area contributed by atoms with Gasteiger partial charge in [0.05, 0.1) is 17.2 Å². The van der Waals surface area contributed by atoms with Gasteiger partial charge in [-0.15, -0.1) is 0 Å². The van der Waals surface area contributed by atoms with Crippen molar-refractivity contribution in [1.29, 1.82) is 0 Å². The van der Waals surface area contributed by atoms with Crippen LogP contribution in [0.15, 0.2) is 53.1 Å². The number of aromatic nitrogens is 2. The van der Waals surface area contributed by atoms with E-state index in [0.717, 1.165) is 11.4 Å². The van der Waals surface area contributed by atoms with Crippen LogP contribution in [0.2, 0.25) is 0 Å². The topological polar surface area (TPSA) is 97.4 Å². The standard InChI is InChI=1S/C20H19N3O4/c1-12-7-8-17(27-12)18-16(11-23(22-18)15-5-3-2-4-6-15)19(24)21-14-9-13(10-14)20(25)26/h2-8,11,13-14H,9-10H2,1H3,(H,21,24)(H,25,26). The molecule has 2 N–H and O–H groups in total. The van der Waals surface area contributed by atoms with E-state index in [1.54, 1.807) is 16.9 Å². The number of carboxylic acids is 1. The highest BCUT2D eigenvalue weighted by atomic mass is 16.4. The van der Waals surface area contributed by atoms with Gasteiger partial charge >= 0.3 is 5.97 Å². The minimum Gasteiger partial charge on any atom is -0.481 e. The third kappa shape index (κ3) is 3.36. The molecule has 2 heterocycles. The second-order valence-corrected chi connectivity index (χ2v) is 6.76. The number of aryl methyl sites for hydroxylation is 1. The quantitative estimate of drug-likeness (QED) is 0.724. The third-order valence-electron chi connectivity index (χ3n) is 4.78. The van der Waals surface area contributed by atoms with E-state index in [1.165, 1.54) is 0 Å². The Hall–Kier alpha value is -3.35. The summed E-state index contributed by atoms with van der Waals surface area (Å²) >= 11 is 0. The van der Waals surface area contributed by atoms with E-state index in [1.807, 2.05) is 43.3 Å². The van der Waals surface area contributed by atoms with Gasteiger partial charge in [0.25, 0.3) is 5.91 Å². The Balaban J connectivity index is 1.63. The van der Waals surface area contributed by atoms with Gasteiger partial charge in [0, 0.05) is 12.2 Å². The van der Waals surface area contributed by atoms with E-state index in [2.05, 4.69) is 10.4 Å². The fraction of sp³-hybridized carbons (Fsp3) is 0.250. The van der Waals surface area contributed by atoms with Gasteiger partial charge in [-0.25, -0.2) is 4.68 Å². The van der Waals surface area contributed by atoms with Crippen molar-refractivity contribution >= 4 is 11.9 Å². The Morgan fingerprint density at radius 1 is 1.19 bits per heavy atom. The first kappa shape index (κ1) is 17.1. The molecule has 1 fully saturated rings. The van der Waals surface area contributed by atoms with Gasteiger partial charge in [0.15, 0.2) is 5.76 Å². The molecule has 0 spiro atoms. The molecule has 0 unspecified atom stereocenters. The van der Waals surface area contributed by atoms with Gasteiger partial charge in [-0.2, -0.15) is 5.10 Å². The Bertz CT molecular complexity index is 984. The number of carbonyl (C=O) groups is 2. The Morgan fingerprint density at radius 2 is 1.93 bits per heavy atom. The molecular formula is C20H19N3O4. The number of furan rings is 1. The molecule has 0 bridgehead atoms. The molecule has 1 aliphatic carbocycles. The summed E-state index contributed by atoms with van der Waals surface area (Å²) in [5.74, 6) is -0.230. The molecule has 27 heavy (non-hydrogen) atoms. The molecule has 1 aromatic carbocycles. The molecule has 1 aliphatic rings. The summed E-state index contributed by atoms with van der Waals surface area (Å²) in [4.78, 5) is 23.8. The largest absolute Gasteiger partial charge is 0.481 e. The molecule has 138 valence electrons.